The molecule has 122 valence electrons. The molecule has 1 aromatic carbocycles. The van der Waals surface area contributed by atoms with Gasteiger partial charge in [0.2, 0.25) is 5.89 Å². The van der Waals surface area contributed by atoms with Crippen molar-refractivity contribution in [3.8, 4) is 0 Å². The Kier molecular flexibility index (Phi) is 3.97. The highest BCUT2D eigenvalue weighted by Gasteiger charge is 2.38. The minimum atomic E-state index is -0.907. The summed E-state index contributed by atoms with van der Waals surface area (Å²) in [5.41, 5.74) is -0.398. The second-order valence-electron chi connectivity index (χ2n) is 5.32. The van der Waals surface area contributed by atoms with Crippen molar-refractivity contribution < 1.29 is 18.0 Å². The fourth-order valence-corrected chi connectivity index (χ4v) is 2.70. The summed E-state index contributed by atoms with van der Waals surface area (Å²) in [6.45, 7) is 2.01. The van der Waals surface area contributed by atoms with Gasteiger partial charge in [-0.25, -0.2) is 13.6 Å². The van der Waals surface area contributed by atoms with Crippen LogP contribution in [-0.2, 0) is 11.2 Å². The van der Waals surface area contributed by atoms with E-state index in [0.717, 1.165) is 28.1 Å². The molecule has 3 rings (SSSR count). The predicted octanol–water partition coefficient (Wildman–Crippen LogP) is 2.04. The van der Waals surface area contributed by atoms with E-state index in [1.165, 1.54) is 6.07 Å². The third-order valence-corrected chi connectivity index (χ3v) is 3.76. The molecule has 1 aliphatic rings. The van der Waals surface area contributed by atoms with Crippen LogP contribution in [0.1, 0.15) is 31.7 Å². The highest BCUT2D eigenvalue weighted by Crippen LogP contribution is 2.31. The van der Waals surface area contributed by atoms with Crippen LogP contribution in [0.25, 0.3) is 0 Å². The standard InChI is InChI=1S/C15H15F2N3O3/c1-2-4-12-18-20(15(22)23-12)11-7-8-19(14(11)21)13-9(16)5-3-6-10(13)17/h3,5-6,11H,2,4,7-8H2,1H3/t11-/m0/s1. The van der Waals surface area contributed by atoms with Gasteiger partial charge in [-0.05, 0) is 25.0 Å². The average molecular weight is 323 g/mol. The first-order chi connectivity index (χ1) is 11.0. The van der Waals surface area contributed by atoms with E-state index in [9.17, 15) is 18.4 Å². The zero-order chi connectivity index (χ0) is 16.6. The number of carbonyl (C=O) groups excluding carboxylic acids is 1. The fraction of sp³-hybridized carbons (Fsp3) is 0.400. The Morgan fingerprint density at radius 1 is 1.30 bits per heavy atom. The van der Waals surface area contributed by atoms with E-state index in [-0.39, 0.29) is 18.9 Å². The van der Waals surface area contributed by atoms with Crippen LogP contribution in [0.5, 0.6) is 0 Å². The van der Waals surface area contributed by atoms with Crippen LogP contribution >= 0.6 is 0 Å². The number of nitrogens with zero attached hydrogens (tertiary/aromatic N) is 3. The lowest BCUT2D eigenvalue weighted by molar-refractivity contribution is -0.120. The van der Waals surface area contributed by atoms with Crippen molar-refractivity contribution in [2.75, 3.05) is 11.4 Å². The number of hydrogen-bond acceptors (Lipinski definition) is 4. The molecule has 1 aromatic heterocycles. The van der Waals surface area contributed by atoms with E-state index in [1.54, 1.807) is 0 Å². The SMILES string of the molecule is CCCc1nn([C@H]2CCN(c3c(F)cccc3F)C2=O)c(=O)o1. The molecule has 2 heterocycles. The largest absolute Gasteiger partial charge is 0.437 e. The van der Waals surface area contributed by atoms with Crippen LogP contribution in [0.3, 0.4) is 0 Å². The summed E-state index contributed by atoms with van der Waals surface area (Å²) in [4.78, 5) is 25.3. The Balaban J connectivity index is 1.92. The molecule has 1 saturated heterocycles. The quantitative estimate of drug-likeness (QED) is 0.863. The molecule has 23 heavy (non-hydrogen) atoms. The Bertz CT molecular complexity index is 779. The van der Waals surface area contributed by atoms with Gasteiger partial charge in [0.05, 0.1) is 0 Å². The molecule has 6 nitrogen and oxygen atoms in total. The van der Waals surface area contributed by atoms with Gasteiger partial charge < -0.3 is 9.32 Å². The Morgan fingerprint density at radius 2 is 2.00 bits per heavy atom. The third kappa shape index (κ3) is 2.64. The van der Waals surface area contributed by atoms with Gasteiger partial charge in [-0.2, -0.15) is 4.68 Å². The molecule has 0 spiro atoms. The van der Waals surface area contributed by atoms with Crippen molar-refractivity contribution >= 4 is 11.6 Å². The maximum atomic E-state index is 13.9. The zero-order valence-corrected chi connectivity index (χ0v) is 12.5. The molecule has 1 atom stereocenters. The van der Waals surface area contributed by atoms with E-state index in [0.29, 0.717) is 6.42 Å². The number of hydrogen-bond donors (Lipinski definition) is 0. The van der Waals surface area contributed by atoms with Gasteiger partial charge in [0.1, 0.15) is 23.4 Å². The highest BCUT2D eigenvalue weighted by atomic mass is 19.1. The van der Waals surface area contributed by atoms with Crippen molar-refractivity contribution in [1.29, 1.82) is 0 Å². The van der Waals surface area contributed by atoms with Crippen molar-refractivity contribution in [2.45, 2.75) is 32.2 Å². The van der Waals surface area contributed by atoms with Crippen molar-refractivity contribution in [2.24, 2.45) is 0 Å². The lowest BCUT2D eigenvalue weighted by atomic mass is 10.2. The summed E-state index contributed by atoms with van der Waals surface area (Å²) in [6.07, 6.45) is 1.45. The number of amides is 1. The van der Waals surface area contributed by atoms with Crippen molar-refractivity contribution in [1.82, 2.24) is 9.78 Å². The lowest BCUT2D eigenvalue weighted by Gasteiger charge is -2.17. The van der Waals surface area contributed by atoms with Crippen LogP contribution in [0.15, 0.2) is 27.4 Å². The second kappa shape index (κ2) is 5.94. The maximum absolute atomic E-state index is 13.9. The molecule has 0 unspecified atom stereocenters. The number of para-hydroxylation sites is 1. The van der Waals surface area contributed by atoms with Crippen molar-refractivity contribution in [3.05, 3.63) is 46.3 Å². The smallest absolute Gasteiger partial charge is 0.392 e. The van der Waals surface area contributed by atoms with Gasteiger partial charge in [-0.15, -0.1) is 5.10 Å². The Labute approximate surface area is 130 Å². The summed E-state index contributed by atoms with van der Waals surface area (Å²) in [5.74, 6) is -2.70. The molecule has 0 saturated carbocycles. The van der Waals surface area contributed by atoms with E-state index in [2.05, 4.69) is 5.10 Å². The number of aromatic nitrogens is 2. The molecule has 0 N–H and O–H groups in total. The highest BCUT2D eigenvalue weighted by molar-refractivity contribution is 5.98. The fourth-order valence-electron chi connectivity index (χ4n) is 2.70. The topological polar surface area (TPSA) is 68.3 Å². The number of carbonyl (C=O) groups is 1. The Hall–Kier alpha value is -2.51. The van der Waals surface area contributed by atoms with Gasteiger partial charge >= 0.3 is 5.76 Å². The van der Waals surface area contributed by atoms with Gasteiger partial charge in [0.15, 0.2) is 0 Å². The first kappa shape index (κ1) is 15.4. The summed E-state index contributed by atoms with van der Waals surface area (Å²) < 4.78 is 33.7. The molecular formula is C15H15F2N3O3. The van der Waals surface area contributed by atoms with Crippen LogP contribution in [-0.4, -0.2) is 22.2 Å². The summed E-state index contributed by atoms with van der Waals surface area (Å²) in [7, 11) is 0. The number of benzene rings is 1. The third-order valence-electron chi connectivity index (χ3n) is 3.76. The van der Waals surface area contributed by atoms with E-state index in [4.69, 9.17) is 4.42 Å². The molecular weight excluding hydrogens is 308 g/mol. The predicted molar refractivity (Wildman–Crippen MR) is 77.1 cm³/mol. The molecule has 8 heteroatoms. The molecule has 2 aromatic rings. The minimum absolute atomic E-state index is 0.101. The lowest BCUT2D eigenvalue weighted by Crippen LogP contribution is -2.33. The average Bonchev–Trinajstić information content (AvgIpc) is 3.03. The molecule has 0 aliphatic carbocycles. The molecule has 1 aliphatic heterocycles. The maximum Gasteiger partial charge on any atom is 0.437 e. The second-order valence-corrected chi connectivity index (χ2v) is 5.32. The number of anilines is 1. The van der Waals surface area contributed by atoms with Gasteiger partial charge in [-0.1, -0.05) is 13.0 Å². The van der Waals surface area contributed by atoms with Gasteiger partial charge in [0.25, 0.3) is 5.91 Å². The normalized spacial score (nSPS) is 18.0. The van der Waals surface area contributed by atoms with Crippen LogP contribution < -0.4 is 10.7 Å². The molecule has 0 radical (unpaired) electrons. The number of aryl methyl sites for hydroxylation is 1. The monoisotopic (exact) mass is 323 g/mol. The van der Waals surface area contributed by atoms with Crippen LogP contribution in [0.4, 0.5) is 14.5 Å². The van der Waals surface area contributed by atoms with E-state index in [1.807, 2.05) is 6.92 Å². The Morgan fingerprint density at radius 3 is 2.65 bits per heavy atom. The minimum Gasteiger partial charge on any atom is -0.392 e. The van der Waals surface area contributed by atoms with Crippen molar-refractivity contribution in [3.63, 3.8) is 0 Å². The van der Waals surface area contributed by atoms with E-state index < -0.39 is 35.0 Å². The van der Waals surface area contributed by atoms with Crippen LogP contribution in [0.2, 0.25) is 0 Å². The van der Waals surface area contributed by atoms with E-state index >= 15 is 0 Å². The zero-order valence-electron chi connectivity index (χ0n) is 12.5. The van der Waals surface area contributed by atoms with Gasteiger partial charge in [-0.3, -0.25) is 4.79 Å². The number of halogens is 2. The van der Waals surface area contributed by atoms with Crippen LogP contribution in [0, 0.1) is 11.6 Å². The first-order valence-corrected chi connectivity index (χ1v) is 7.36. The summed E-state index contributed by atoms with van der Waals surface area (Å²) >= 11 is 0. The first-order valence-electron chi connectivity index (χ1n) is 7.36. The molecule has 1 amide bonds. The van der Waals surface area contributed by atoms with Gasteiger partial charge in [0, 0.05) is 13.0 Å². The summed E-state index contributed by atoms with van der Waals surface area (Å²) in [5, 5.41) is 4.01. The number of rotatable bonds is 4. The molecule has 1 fully saturated rings. The summed E-state index contributed by atoms with van der Waals surface area (Å²) in [6, 6.07) is 2.49. The molecule has 0 bridgehead atoms.